The van der Waals surface area contributed by atoms with Gasteiger partial charge in [-0.1, -0.05) is 17.7 Å². The zero-order chi connectivity index (χ0) is 19.4. The Hall–Kier alpha value is -2.86. The highest BCUT2D eigenvalue weighted by Crippen LogP contribution is 2.29. The number of piperazine rings is 1. The maximum Gasteiger partial charge on any atom is 0.337 e. The number of nitrogens with one attached hydrogen (secondary N) is 1. The van der Waals surface area contributed by atoms with Crippen LogP contribution in [0.5, 0.6) is 0 Å². The third-order valence-corrected chi connectivity index (χ3v) is 4.82. The van der Waals surface area contributed by atoms with Gasteiger partial charge in [-0.3, -0.25) is 4.79 Å². The molecule has 0 aliphatic carbocycles. The Bertz CT molecular complexity index is 825. The van der Waals surface area contributed by atoms with E-state index in [4.69, 9.17) is 4.74 Å². The highest BCUT2D eigenvalue weighted by atomic mass is 16.5. The summed E-state index contributed by atoms with van der Waals surface area (Å²) in [7, 11) is 3.44. The summed E-state index contributed by atoms with van der Waals surface area (Å²) < 4.78 is 4.82. The molecular weight excluding hydrogens is 342 g/mol. The average molecular weight is 367 g/mol. The van der Waals surface area contributed by atoms with Crippen molar-refractivity contribution in [3.05, 3.63) is 59.2 Å². The van der Waals surface area contributed by atoms with E-state index in [9.17, 15) is 9.59 Å². The molecule has 0 saturated carbocycles. The van der Waals surface area contributed by atoms with Gasteiger partial charge in [0.15, 0.2) is 0 Å². The third kappa shape index (κ3) is 4.46. The molecular formula is C21H25N3O3. The average Bonchev–Trinajstić information content (AvgIpc) is 2.68. The Morgan fingerprint density at radius 1 is 0.963 bits per heavy atom. The van der Waals surface area contributed by atoms with E-state index >= 15 is 0 Å². The van der Waals surface area contributed by atoms with Gasteiger partial charge in [0.1, 0.15) is 0 Å². The number of aryl methyl sites for hydroxylation is 1. The number of likely N-dealkylation sites (N-methyl/N-ethyl adjacent to an activating group) is 1. The molecule has 2 aromatic carbocycles. The van der Waals surface area contributed by atoms with Gasteiger partial charge in [0.05, 0.1) is 24.0 Å². The molecule has 0 bridgehead atoms. The molecule has 6 heteroatoms. The number of hydrogen-bond acceptors (Lipinski definition) is 5. The largest absolute Gasteiger partial charge is 0.465 e. The van der Waals surface area contributed by atoms with E-state index in [1.165, 1.54) is 7.11 Å². The maximum atomic E-state index is 12.7. The van der Waals surface area contributed by atoms with Crippen molar-refractivity contribution in [1.29, 1.82) is 0 Å². The number of amides is 1. The first-order valence-corrected chi connectivity index (χ1v) is 9.02. The minimum Gasteiger partial charge on any atom is -0.465 e. The predicted octanol–water partition coefficient (Wildman–Crippen LogP) is 2.79. The Kier molecular flexibility index (Phi) is 5.76. The molecule has 3 rings (SSSR count). The van der Waals surface area contributed by atoms with Crippen LogP contribution < -0.4 is 10.2 Å². The molecule has 1 saturated heterocycles. The van der Waals surface area contributed by atoms with Crippen molar-refractivity contribution >= 4 is 23.3 Å². The molecule has 142 valence electrons. The van der Waals surface area contributed by atoms with Crippen LogP contribution in [0.4, 0.5) is 11.4 Å². The van der Waals surface area contributed by atoms with Gasteiger partial charge in [0, 0.05) is 31.7 Å². The van der Waals surface area contributed by atoms with Crippen molar-refractivity contribution in [2.75, 3.05) is 50.6 Å². The molecule has 0 aromatic heterocycles. The number of esters is 1. The van der Waals surface area contributed by atoms with Crippen LogP contribution in [0, 0.1) is 6.92 Å². The van der Waals surface area contributed by atoms with Crippen molar-refractivity contribution in [2.45, 2.75) is 6.92 Å². The lowest BCUT2D eigenvalue weighted by atomic mass is 10.1. The number of benzene rings is 2. The zero-order valence-corrected chi connectivity index (χ0v) is 16.0. The van der Waals surface area contributed by atoms with Gasteiger partial charge in [-0.25, -0.2) is 4.79 Å². The molecule has 1 fully saturated rings. The first-order valence-electron chi connectivity index (χ1n) is 9.02. The highest BCUT2D eigenvalue weighted by Gasteiger charge is 2.20. The van der Waals surface area contributed by atoms with Gasteiger partial charge in [-0.15, -0.1) is 0 Å². The van der Waals surface area contributed by atoms with Crippen LogP contribution in [-0.4, -0.2) is 57.1 Å². The Morgan fingerprint density at radius 2 is 1.59 bits per heavy atom. The fraction of sp³-hybridized carbons (Fsp3) is 0.333. The number of carbonyl (C=O) groups is 2. The van der Waals surface area contributed by atoms with Crippen molar-refractivity contribution in [3.63, 3.8) is 0 Å². The SMILES string of the molecule is COC(=O)c1ccc(N2CCN(C)CC2)c(NC(=O)c2ccc(C)cc2)c1. The van der Waals surface area contributed by atoms with Crippen LogP contribution >= 0.6 is 0 Å². The molecule has 27 heavy (non-hydrogen) atoms. The summed E-state index contributed by atoms with van der Waals surface area (Å²) in [6.45, 7) is 5.60. The molecule has 1 amide bonds. The van der Waals surface area contributed by atoms with Crippen LogP contribution in [0.15, 0.2) is 42.5 Å². The van der Waals surface area contributed by atoms with E-state index in [0.29, 0.717) is 16.8 Å². The van der Waals surface area contributed by atoms with Gasteiger partial charge in [0.25, 0.3) is 5.91 Å². The minimum atomic E-state index is -0.425. The quantitative estimate of drug-likeness (QED) is 0.842. The van der Waals surface area contributed by atoms with Gasteiger partial charge in [-0.05, 0) is 44.3 Å². The minimum absolute atomic E-state index is 0.201. The summed E-state index contributed by atoms with van der Waals surface area (Å²) in [5.41, 5.74) is 3.62. The lowest BCUT2D eigenvalue weighted by molar-refractivity contribution is 0.0600. The van der Waals surface area contributed by atoms with Crippen LogP contribution in [0.3, 0.4) is 0 Å². The van der Waals surface area contributed by atoms with Crippen molar-refractivity contribution in [1.82, 2.24) is 4.90 Å². The van der Waals surface area contributed by atoms with Crippen molar-refractivity contribution in [3.8, 4) is 0 Å². The van der Waals surface area contributed by atoms with Crippen LogP contribution in [-0.2, 0) is 4.74 Å². The van der Waals surface area contributed by atoms with E-state index in [1.54, 1.807) is 24.3 Å². The standard InChI is InChI=1S/C21H25N3O3/c1-15-4-6-16(7-5-15)20(25)22-18-14-17(21(26)27-3)8-9-19(18)24-12-10-23(2)11-13-24/h4-9,14H,10-13H2,1-3H3,(H,22,25). The van der Waals surface area contributed by atoms with E-state index < -0.39 is 5.97 Å². The summed E-state index contributed by atoms with van der Waals surface area (Å²) >= 11 is 0. The second-order valence-electron chi connectivity index (χ2n) is 6.83. The molecule has 0 spiro atoms. The second-order valence-corrected chi connectivity index (χ2v) is 6.83. The molecule has 0 atom stereocenters. The molecule has 1 heterocycles. The van der Waals surface area contributed by atoms with Gasteiger partial charge in [0.2, 0.25) is 0 Å². The zero-order valence-electron chi connectivity index (χ0n) is 16.0. The summed E-state index contributed by atoms with van der Waals surface area (Å²) in [5.74, 6) is -0.627. The first kappa shape index (κ1) is 18.9. The van der Waals surface area contributed by atoms with Crippen molar-refractivity contribution < 1.29 is 14.3 Å². The number of anilines is 2. The normalized spacial score (nSPS) is 14.7. The molecule has 2 aromatic rings. The smallest absolute Gasteiger partial charge is 0.337 e. The van der Waals surface area contributed by atoms with E-state index in [0.717, 1.165) is 37.4 Å². The van der Waals surface area contributed by atoms with Crippen molar-refractivity contribution in [2.24, 2.45) is 0 Å². The predicted molar refractivity (Wildman–Crippen MR) is 107 cm³/mol. The number of rotatable bonds is 4. The number of methoxy groups -OCH3 is 1. The van der Waals surface area contributed by atoms with Crippen LogP contribution in [0.1, 0.15) is 26.3 Å². The maximum absolute atomic E-state index is 12.7. The lowest BCUT2D eigenvalue weighted by Gasteiger charge is -2.35. The summed E-state index contributed by atoms with van der Waals surface area (Å²) in [6.07, 6.45) is 0. The first-order chi connectivity index (χ1) is 13.0. The van der Waals surface area contributed by atoms with Gasteiger partial charge >= 0.3 is 5.97 Å². The van der Waals surface area contributed by atoms with Crippen LogP contribution in [0.2, 0.25) is 0 Å². The van der Waals surface area contributed by atoms with E-state index in [-0.39, 0.29) is 5.91 Å². The van der Waals surface area contributed by atoms with E-state index in [1.807, 2.05) is 25.1 Å². The van der Waals surface area contributed by atoms with Crippen LogP contribution in [0.25, 0.3) is 0 Å². The number of hydrogen-bond donors (Lipinski definition) is 1. The summed E-state index contributed by atoms with van der Waals surface area (Å²) in [6, 6.07) is 12.7. The van der Waals surface area contributed by atoms with E-state index in [2.05, 4.69) is 22.2 Å². The number of ether oxygens (including phenoxy) is 1. The topological polar surface area (TPSA) is 61.9 Å². The van der Waals surface area contributed by atoms with Gasteiger partial charge in [-0.2, -0.15) is 0 Å². The molecule has 0 radical (unpaired) electrons. The molecule has 1 aliphatic heterocycles. The monoisotopic (exact) mass is 367 g/mol. The highest BCUT2D eigenvalue weighted by molar-refractivity contribution is 6.06. The summed E-state index contributed by atoms with van der Waals surface area (Å²) in [4.78, 5) is 29.1. The Balaban J connectivity index is 1.90. The second kappa shape index (κ2) is 8.22. The third-order valence-electron chi connectivity index (χ3n) is 4.82. The number of carbonyl (C=O) groups excluding carboxylic acids is 2. The fourth-order valence-electron chi connectivity index (χ4n) is 3.10. The molecule has 1 aliphatic rings. The van der Waals surface area contributed by atoms with Gasteiger partial charge < -0.3 is 19.9 Å². The molecule has 6 nitrogen and oxygen atoms in total. The molecule has 0 unspecified atom stereocenters. The summed E-state index contributed by atoms with van der Waals surface area (Å²) in [5, 5.41) is 2.97. The molecule has 1 N–H and O–H groups in total. The lowest BCUT2D eigenvalue weighted by Crippen LogP contribution is -2.44. The Labute approximate surface area is 159 Å². The Morgan fingerprint density at radius 3 is 2.22 bits per heavy atom. The number of nitrogens with zero attached hydrogens (tertiary/aromatic N) is 2. The fourth-order valence-corrected chi connectivity index (χ4v) is 3.10.